The standard InChI is InChI=1S/C15H25NO3/c1-10-5-14(6-11(2)18-10)17-9-13-7-15(8-16-4)19-12(13)3/h7,10-11,14,16H,5-6,8-9H2,1-4H3. The number of hydrogen-bond donors (Lipinski definition) is 1. The zero-order valence-corrected chi connectivity index (χ0v) is 12.4. The zero-order chi connectivity index (χ0) is 13.8. The van der Waals surface area contributed by atoms with Gasteiger partial charge in [0.25, 0.3) is 0 Å². The number of ether oxygens (including phenoxy) is 2. The molecule has 0 radical (unpaired) electrons. The Morgan fingerprint density at radius 3 is 2.63 bits per heavy atom. The summed E-state index contributed by atoms with van der Waals surface area (Å²) in [6.07, 6.45) is 2.83. The molecule has 1 aliphatic heterocycles. The molecule has 1 fully saturated rings. The van der Waals surface area contributed by atoms with Crippen LogP contribution in [-0.2, 0) is 22.6 Å². The van der Waals surface area contributed by atoms with Gasteiger partial charge in [-0.25, -0.2) is 0 Å². The summed E-state index contributed by atoms with van der Waals surface area (Å²) in [7, 11) is 1.92. The summed E-state index contributed by atoms with van der Waals surface area (Å²) in [6.45, 7) is 7.60. The summed E-state index contributed by atoms with van der Waals surface area (Å²) >= 11 is 0. The van der Waals surface area contributed by atoms with Gasteiger partial charge in [0.05, 0.1) is 31.5 Å². The maximum absolute atomic E-state index is 6.02. The monoisotopic (exact) mass is 267 g/mol. The van der Waals surface area contributed by atoms with E-state index in [0.29, 0.717) is 24.9 Å². The second-order valence-electron chi connectivity index (χ2n) is 5.49. The van der Waals surface area contributed by atoms with Crippen molar-refractivity contribution in [3.63, 3.8) is 0 Å². The van der Waals surface area contributed by atoms with Crippen LogP contribution in [0.2, 0.25) is 0 Å². The highest BCUT2D eigenvalue weighted by Crippen LogP contribution is 2.24. The van der Waals surface area contributed by atoms with Crippen molar-refractivity contribution in [3.8, 4) is 0 Å². The van der Waals surface area contributed by atoms with Gasteiger partial charge in [0.2, 0.25) is 0 Å². The second-order valence-corrected chi connectivity index (χ2v) is 5.49. The largest absolute Gasteiger partial charge is 0.465 e. The highest BCUT2D eigenvalue weighted by Gasteiger charge is 2.25. The third-order valence-corrected chi connectivity index (χ3v) is 3.55. The summed E-state index contributed by atoms with van der Waals surface area (Å²) < 4.78 is 17.4. The summed E-state index contributed by atoms with van der Waals surface area (Å²) in [5, 5.41) is 3.09. The lowest BCUT2D eigenvalue weighted by Gasteiger charge is -2.31. The number of rotatable bonds is 5. The first-order valence-electron chi connectivity index (χ1n) is 7.08. The molecule has 0 aliphatic carbocycles. The molecule has 1 aliphatic rings. The SMILES string of the molecule is CNCc1cc(COC2CC(C)OC(C)C2)c(C)o1. The minimum absolute atomic E-state index is 0.291. The Balaban J connectivity index is 1.87. The molecular formula is C15H25NO3. The maximum Gasteiger partial charge on any atom is 0.118 e. The van der Waals surface area contributed by atoms with E-state index in [1.807, 2.05) is 14.0 Å². The zero-order valence-electron chi connectivity index (χ0n) is 12.4. The van der Waals surface area contributed by atoms with E-state index in [-0.39, 0.29) is 0 Å². The van der Waals surface area contributed by atoms with Crippen LogP contribution in [0.5, 0.6) is 0 Å². The summed E-state index contributed by atoms with van der Waals surface area (Å²) in [4.78, 5) is 0. The van der Waals surface area contributed by atoms with Crippen LogP contribution in [0.1, 0.15) is 43.8 Å². The minimum Gasteiger partial charge on any atom is -0.465 e. The van der Waals surface area contributed by atoms with Crippen LogP contribution >= 0.6 is 0 Å². The summed E-state index contributed by atoms with van der Waals surface area (Å²) in [5.74, 6) is 1.92. The highest BCUT2D eigenvalue weighted by molar-refractivity contribution is 5.19. The van der Waals surface area contributed by atoms with E-state index in [9.17, 15) is 0 Å². The summed E-state index contributed by atoms with van der Waals surface area (Å²) in [5.41, 5.74) is 1.15. The Morgan fingerprint density at radius 2 is 2.00 bits per heavy atom. The second kappa shape index (κ2) is 6.55. The van der Waals surface area contributed by atoms with Crippen LogP contribution in [-0.4, -0.2) is 25.4 Å². The predicted octanol–water partition coefficient (Wildman–Crippen LogP) is 2.78. The first-order chi connectivity index (χ1) is 9.08. The van der Waals surface area contributed by atoms with Gasteiger partial charge in [0.15, 0.2) is 0 Å². The number of aryl methyl sites for hydroxylation is 1. The minimum atomic E-state index is 0.291. The Bertz CT molecular complexity index is 392. The molecule has 0 spiro atoms. The molecule has 1 aromatic rings. The van der Waals surface area contributed by atoms with Crippen molar-refractivity contribution in [2.45, 2.75) is 65.1 Å². The van der Waals surface area contributed by atoms with Crippen molar-refractivity contribution >= 4 is 0 Å². The van der Waals surface area contributed by atoms with Gasteiger partial charge in [-0.2, -0.15) is 0 Å². The Hall–Kier alpha value is -0.840. The van der Waals surface area contributed by atoms with Crippen molar-refractivity contribution in [2.24, 2.45) is 0 Å². The Morgan fingerprint density at radius 1 is 1.32 bits per heavy atom. The van der Waals surface area contributed by atoms with Gasteiger partial charge in [-0.05, 0) is 46.7 Å². The van der Waals surface area contributed by atoms with E-state index in [1.165, 1.54) is 0 Å². The lowest BCUT2D eigenvalue weighted by Crippen LogP contribution is -2.34. The molecule has 4 nitrogen and oxygen atoms in total. The van der Waals surface area contributed by atoms with Gasteiger partial charge < -0.3 is 19.2 Å². The quantitative estimate of drug-likeness (QED) is 0.891. The smallest absolute Gasteiger partial charge is 0.118 e. The van der Waals surface area contributed by atoms with Gasteiger partial charge in [-0.3, -0.25) is 0 Å². The van der Waals surface area contributed by atoms with E-state index in [1.54, 1.807) is 0 Å². The van der Waals surface area contributed by atoms with Crippen molar-refractivity contribution in [3.05, 3.63) is 23.2 Å². The lowest BCUT2D eigenvalue weighted by atomic mass is 10.0. The molecule has 0 amide bonds. The molecule has 0 bridgehead atoms. The Kier molecular flexibility index (Phi) is 5.02. The van der Waals surface area contributed by atoms with E-state index in [2.05, 4.69) is 25.2 Å². The third-order valence-electron chi connectivity index (χ3n) is 3.55. The third kappa shape index (κ3) is 4.06. The molecule has 1 saturated heterocycles. The molecule has 19 heavy (non-hydrogen) atoms. The van der Waals surface area contributed by atoms with Gasteiger partial charge in [0, 0.05) is 5.56 Å². The molecular weight excluding hydrogens is 242 g/mol. The molecule has 4 heteroatoms. The molecule has 2 rings (SSSR count). The van der Waals surface area contributed by atoms with E-state index in [4.69, 9.17) is 13.9 Å². The molecule has 0 saturated carbocycles. The van der Waals surface area contributed by atoms with Crippen LogP contribution < -0.4 is 5.32 Å². The number of hydrogen-bond acceptors (Lipinski definition) is 4. The van der Waals surface area contributed by atoms with Crippen molar-refractivity contribution in [1.82, 2.24) is 5.32 Å². The molecule has 1 aromatic heterocycles. The highest BCUT2D eigenvalue weighted by atomic mass is 16.5. The summed E-state index contributed by atoms with van der Waals surface area (Å²) in [6, 6.07) is 2.08. The van der Waals surface area contributed by atoms with Gasteiger partial charge >= 0.3 is 0 Å². The van der Waals surface area contributed by atoms with Crippen LogP contribution in [0, 0.1) is 6.92 Å². The van der Waals surface area contributed by atoms with Crippen LogP contribution in [0.3, 0.4) is 0 Å². The van der Waals surface area contributed by atoms with E-state index < -0.39 is 0 Å². The van der Waals surface area contributed by atoms with Crippen molar-refractivity contribution in [2.75, 3.05) is 7.05 Å². The van der Waals surface area contributed by atoms with E-state index in [0.717, 1.165) is 36.5 Å². The van der Waals surface area contributed by atoms with Crippen LogP contribution in [0.25, 0.3) is 0 Å². The normalized spacial score (nSPS) is 27.7. The van der Waals surface area contributed by atoms with Gasteiger partial charge in [-0.1, -0.05) is 0 Å². The molecule has 2 heterocycles. The van der Waals surface area contributed by atoms with Gasteiger partial charge in [0.1, 0.15) is 11.5 Å². The average molecular weight is 267 g/mol. The Labute approximate surface area is 115 Å². The number of nitrogens with one attached hydrogen (secondary N) is 1. The van der Waals surface area contributed by atoms with Gasteiger partial charge in [-0.15, -0.1) is 0 Å². The van der Waals surface area contributed by atoms with Crippen molar-refractivity contribution < 1.29 is 13.9 Å². The van der Waals surface area contributed by atoms with Crippen LogP contribution in [0.4, 0.5) is 0 Å². The molecule has 2 atom stereocenters. The average Bonchev–Trinajstić information content (AvgIpc) is 2.66. The van der Waals surface area contributed by atoms with E-state index >= 15 is 0 Å². The number of furan rings is 1. The molecule has 108 valence electrons. The molecule has 0 aromatic carbocycles. The molecule has 1 N–H and O–H groups in total. The van der Waals surface area contributed by atoms with Crippen LogP contribution in [0.15, 0.2) is 10.5 Å². The van der Waals surface area contributed by atoms with Crippen molar-refractivity contribution in [1.29, 1.82) is 0 Å². The maximum atomic E-state index is 6.02. The predicted molar refractivity (Wildman–Crippen MR) is 74.0 cm³/mol. The topological polar surface area (TPSA) is 43.6 Å². The lowest BCUT2D eigenvalue weighted by molar-refractivity contribution is -0.106. The first kappa shape index (κ1) is 14.6. The fourth-order valence-corrected chi connectivity index (χ4v) is 2.68. The molecule has 2 unspecified atom stereocenters. The fraction of sp³-hybridized carbons (Fsp3) is 0.733. The first-order valence-corrected chi connectivity index (χ1v) is 7.08. The fourth-order valence-electron chi connectivity index (χ4n) is 2.68.